The van der Waals surface area contributed by atoms with E-state index in [9.17, 15) is 0 Å². The van der Waals surface area contributed by atoms with Gasteiger partial charge in [-0.05, 0) is 37.1 Å². The first-order valence-corrected chi connectivity index (χ1v) is 6.98. The Hall–Kier alpha value is -1.02. The molecule has 1 aromatic heterocycles. The van der Waals surface area contributed by atoms with Crippen LogP contribution in [0.25, 0.3) is 10.9 Å². The molecule has 1 aromatic carbocycles. The number of nitrogens with zero attached hydrogens (tertiary/aromatic N) is 1. The van der Waals surface area contributed by atoms with Crippen molar-refractivity contribution in [1.82, 2.24) is 4.98 Å². The molecule has 0 spiro atoms. The predicted octanol–water partition coefficient (Wildman–Crippen LogP) is 4.58. The van der Waals surface area contributed by atoms with Crippen LogP contribution in [0.15, 0.2) is 18.2 Å². The average molecular weight is 259 g/mol. The molecular formula is C16H21NS. The fourth-order valence-corrected chi connectivity index (χ4v) is 2.53. The number of pyridine rings is 1. The van der Waals surface area contributed by atoms with Gasteiger partial charge >= 0.3 is 0 Å². The number of thiol groups is 1. The highest BCUT2D eigenvalue weighted by atomic mass is 32.1. The van der Waals surface area contributed by atoms with Crippen LogP contribution in [-0.4, -0.2) is 4.98 Å². The third kappa shape index (κ3) is 2.39. The van der Waals surface area contributed by atoms with E-state index in [1.165, 1.54) is 22.1 Å². The van der Waals surface area contributed by atoms with E-state index in [0.29, 0.717) is 0 Å². The smallest absolute Gasteiger partial charge is 0.0737 e. The van der Waals surface area contributed by atoms with Gasteiger partial charge < -0.3 is 0 Å². The van der Waals surface area contributed by atoms with E-state index < -0.39 is 0 Å². The molecule has 0 aliphatic carbocycles. The molecule has 0 aliphatic heterocycles. The van der Waals surface area contributed by atoms with Gasteiger partial charge in [-0.25, -0.2) is 0 Å². The molecular weight excluding hydrogens is 238 g/mol. The van der Waals surface area contributed by atoms with Crippen LogP contribution >= 0.6 is 12.6 Å². The van der Waals surface area contributed by atoms with Gasteiger partial charge in [0.15, 0.2) is 0 Å². The lowest BCUT2D eigenvalue weighted by atomic mass is 9.89. The summed E-state index contributed by atoms with van der Waals surface area (Å²) in [7, 11) is 0. The van der Waals surface area contributed by atoms with Gasteiger partial charge in [-0.2, -0.15) is 12.6 Å². The second-order valence-electron chi connectivity index (χ2n) is 6.05. The second-order valence-corrected chi connectivity index (χ2v) is 6.37. The molecule has 2 rings (SSSR count). The molecule has 1 nitrogen and oxygen atoms in total. The minimum Gasteiger partial charge on any atom is -0.252 e. The van der Waals surface area contributed by atoms with Crippen molar-refractivity contribution in [2.24, 2.45) is 0 Å². The summed E-state index contributed by atoms with van der Waals surface area (Å²) >= 11 is 4.47. The summed E-state index contributed by atoms with van der Waals surface area (Å²) in [6.07, 6.45) is 0. The Balaban J connectivity index is 2.84. The molecule has 0 radical (unpaired) electrons. The summed E-state index contributed by atoms with van der Waals surface area (Å²) in [6, 6.07) is 6.62. The monoisotopic (exact) mass is 259 g/mol. The van der Waals surface area contributed by atoms with Crippen molar-refractivity contribution >= 4 is 23.5 Å². The molecule has 18 heavy (non-hydrogen) atoms. The Kier molecular flexibility index (Phi) is 3.41. The highest BCUT2D eigenvalue weighted by Crippen LogP contribution is 2.29. The largest absolute Gasteiger partial charge is 0.252 e. The first-order valence-electron chi connectivity index (χ1n) is 6.35. The molecule has 2 heteroatoms. The number of aryl methyl sites for hydroxylation is 2. The summed E-state index contributed by atoms with van der Waals surface area (Å²) in [5.74, 6) is 0.755. The number of hydrogen-bond donors (Lipinski definition) is 1. The first-order chi connectivity index (χ1) is 8.32. The summed E-state index contributed by atoms with van der Waals surface area (Å²) in [5.41, 5.74) is 6.15. The molecule has 0 saturated heterocycles. The molecule has 0 unspecified atom stereocenters. The maximum atomic E-state index is 4.86. The molecule has 0 aliphatic rings. The lowest BCUT2D eigenvalue weighted by molar-refractivity contribution is 0.571. The van der Waals surface area contributed by atoms with Crippen molar-refractivity contribution in [2.45, 2.75) is 45.8 Å². The number of fused-ring (bicyclic) bond motifs is 1. The van der Waals surface area contributed by atoms with Crippen LogP contribution in [0.2, 0.25) is 0 Å². The minimum atomic E-state index is 0.0726. The van der Waals surface area contributed by atoms with Crippen molar-refractivity contribution in [2.75, 3.05) is 0 Å². The average Bonchev–Trinajstić information content (AvgIpc) is 2.26. The van der Waals surface area contributed by atoms with Gasteiger partial charge in [0.05, 0.1) is 5.52 Å². The molecule has 0 saturated carbocycles. The molecule has 0 bridgehead atoms. The van der Waals surface area contributed by atoms with Crippen molar-refractivity contribution in [3.05, 3.63) is 40.6 Å². The van der Waals surface area contributed by atoms with Crippen LogP contribution in [0, 0.1) is 13.8 Å². The topological polar surface area (TPSA) is 12.9 Å². The Morgan fingerprint density at radius 1 is 1.11 bits per heavy atom. The lowest BCUT2D eigenvalue weighted by Crippen LogP contribution is -2.14. The lowest BCUT2D eigenvalue weighted by Gasteiger charge is -2.20. The van der Waals surface area contributed by atoms with Gasteiger partial charge in [0.2, 0.25) is 0 Å². The number of hydrogen-bond acceptors (Lipinski definition) is 2. The Morgan fingerprint density at radius 2 is 1.78 bits per heavy atom. The maximum Gasteiger partial charge on any atom is 0.0737 e. The van der Waals surface area contributed by atoms with Crippen LogP contribution in [0.5, 0.6) is 0 Å². The summed E-state index contributed by atoms with van der Waals surface area (Å²) < 4.78 is 0. The zero-order chi connectivity index (χ0) is 13.5. The zero-order valence-corrected chi connectivity index (χ0v) is 12.7. The molecule has 1 heterocycles. The normalized spacial score (nSPS) is 12.1. The summed E-state index contributed by atoms with van der Waals surface area (Å²) in [5, 5.41) is 1.25. The number of aromatic nitrogens is 1. The minimum absolute atomic E-state index is 0.0726. The van der Waals surface area contributed by atoms with Crippen LogP contribution in [-0.2, 0) is 11.2 Å². The SMILES string of the molecule is Cc1cc(C)c2nc(C(C)(C)C)cc(CS)c2c1. The van der Waals surface area contributed by atoms with E-state index in [1.54, 1.807) is 0 Å². The van der Waals surface area contributed by atoms with Crippen molar-refractivity contribution in [3.63, 3.8) is 0 Å². The van der Waals surface area contributed by atoms with E-state index in [4.69, 9.17) is 4.98 Å². The van der Waals surface area contributed by atoms with Gasteiger partial charge in [-0.15, -0.1) is 0 Å². The first kappa shape index (κ1) is 13.4. The number of benzene rings is 1. The van der Waals surface area contributed by atoms with E-state index >= 15 is 0 Å². The fraction of sp³-hybridized carbons (Fsp3) is 0.438. The van der Waals surface area contributed by atoms with Crippen molar-refractivity contribution in [1.29, 1.82) is 0 Å². The molecule has 96 valence electrons. The predicted molar refractivity (Wildman–Crippen MR) is 82.6 cm³/mol. The Morgan fingerprint density at radius 3 is 2.33 bits per heavy atom. The molecule has 0 atom stereocenters. The van der Waals surface area contributed by atoms with Crippen molar-refractivity contribution < 1.29 is 0 Å². The number of rotatable bonds is 1. The Bertz CT molecular complexity index is 594. The van der Waals surface area contributed by atoms with Crippen molar-refractivity contribution in [3.8, 4) is 0 Å². The van der Waals surface area contributed by atoms with Crippen LogP contribution in [0.3, 0.4) is 0 Å². The highest BCUT2D eigenvalue weighted by molar-refractivity contribution is 7.79. The third-order valence-corrected chi connectivity index (χ3v) is 3.61. The second kappa shape index (κ2) is 4.58. The molecule has 0 fully saturated rings. The molecule has 0 N–H and O–H groups in total. The fourth-order valence-electron chi connectivity index (χ4n) is 2.26. The quantitative estimate of drug-likeness (QED) is 0.740. The van der Waals surface area contributed by atoms with Gasteiger partial charge in [-0.1, -0.05) is 32.4 Å². The van der Waals surface area contributed by atoms with Gasteiger partial charge in [0.1, 0.15) is 0 Å². The maximum absolute atomic E-state index is 4.86. The molecule has 2 aromatic rings. The van der Waals surface area contributed by atoms with E-state index in [0.717, 1.165) is 17.0 Å². The Labute approximate surface area is 115 Å². The van der Waals surface area contributed by atoms with E-state index in [2.05, 4.69) is 65.4 Å². The molecule has 0 amide bonds. The standard InChI is InChI=1S/C16H21NS/c1-10-6-11(2)15-13(7-10)12(9-18)8-14(17-15)16(3,4)5/h6-8,18H,9H2,1-5H3. The summed E-state index contributed by atoms with van der Waals surface area (Å²) in [4.78, 5) is 4.86. The van der Waals surface area contributed by atoms with Gasteiger partial charge in [0, 0.05) is 22.2 Å². The van der Waals surface area contributed by atoms with Gasteiger partial charge in [-0.3, -0.25) is 4.98 Å². The van der Waals surface area contributed by atoms with Crippen LogP contribution < -0.4 is 0 Å². The van der Waals surface area contributed by atoms with Crippen LogP contribution in [0.4, 0.5) is 0 Å². The highest BCUT2D eigenvalue weighted by Gasteiger charge is 2.18. The zero-order valence-electron chi connectivity index (χ0n) is 11.8. The van der Waals surface area contributed by atoms with E-state index in [1.807, 2.05) is 0 Å². The van der Waals surface area contributed by atoms with Gasteiger partial charge in [0.25, 0.3) is 0 Å². The van der Waals surface area contributed by atoms with Crippen LogP contribution in [0.1, 0.15) is 43.2 Å². The summed E-state index contributed by atoms with van der Waals surface area (Å²) in [6.45, 7) is 10.9. The third-order valence-electron chi connectivity index (χ3n) is 3.27. The van der Waals surface area contributed by atoms with E-state index in [-0.39, 0.29) is 5.41 Å².